The molecule has 0 aromatic rings. The van der Waals surface area contributed by atoms with Crippen LogP contribution in [0.4, 0.5) is 0 Å². The molecule has 1 aliphatic rings. The minimum absolute atomic E-state index is 0.164. The van der Waals surface area contributed by atoms with Gasteiger partial charge in [0.1, 0.15) is 6.61 Å². The first-order valence-corrected chi connectivity index (χ1v) is 6.19. The number of rotatable bonds is 3. The predicted molar refractivity (Wildman–Crippen MR) is 54.3 cm³/mol. The molecule has 4 heteroatoms. The second kappa shape index (κ2) is 5.76. The van der Waals surface area contributed by atoms with E-state index in [1.807, 2.05) is 21.6 Å². The molecule has 0 spiro atoms. The van der Waals surface area contributed by atoms with E-state index in [0.29, 0.717) is 6.61 Å². The van der Waals surface area contributed by atoms with Crippen molar-refractivity contribution in [2.45, 2.75) is 12.2 Å². The Morgan fingerprint density at radius 3 is 2.67 bits per heavy atom. The Bertz CT molecular complexity index is 167. The number of ether oxygens (including phenoxy) is 2. The summed E-state index contributed by atoms with van der Waals surface area (Å²) in [6.07, 6.45) is 5.47. The van der Waals surface area contributed by atoms with E-state index in [1.54, 1.807) is 7.11 Å². The molecule has 1 heterocycles. The molecular formula is C8H12O2S2. The van der Waals surface area contributed by atoms with Gasteiger partial charge in [0.2, 0.25) is 0 Å². The summed E-state index contributed by atoms with van der Waals surface area (Å²) in [5, 5.41) is 0. The van der Waals surface area contributed by atoms with E-state index in [9.17, 15) is 0 Å². The average Bonchev–Trinajstić information content (AvgIpc) is 2.15. The van der Waals surface area contributed by atoms with E-state index in [2.05, 4.69) is 5.92 Å². The predicted octanol–water partition coefficient (Wildman–Crippen LogP) is 1.41. The van der Waals surface area contributed by atoms with Crippen molar-refractivity contribution in [1.29, 1.82) is 0 Å². The van der Waals surface area contributed by atoms with E-state index in [4.69, 9.17) is 15.9 Å². The van der Waals surface area contributed by atoms with Crippen LogP contribution in [0.2, 0.25) is 0 Å². The van der Waals surface area contributed by atoms with Crippen LogP contribution in [0, 0.1) is 12.3 Å². The Hall–Kier alpha value is 0.180. The molecule has 0 radical (unpaired) electrons. The zero-order chi connectivity index (χ0) is 8.81. The lowest BCUT2D eigenvalue weighted by Crippen LogP contribution is -2.37. The summed E-state index contributed by atoms with van der Waals surface area (Å²) in [6, 6.07) is 0. The van der Waals surface area contributed by atoms with Crippen molar-refractivity contribution in [3.8, 4) is 12.3 Å². The molecule has 1 rings (SSSR count). The topological polar surface area (TPSA) is 18.5 Å². The molecule has 0 aromatic heterocycles. The van der Waals surface area contributed by atoms with E-state index in [-0.39, 0.29) is 12.2 Å². The fraction of sp³-hybridized carbons (Fsp3) is 0.750. The number of hydrogen-bond donors (Lipinski definition) is 0. The van der Waals surface area contributed by atoms with E-state index >= 15 is 0 Å². The normalized spacial score (nSPS) is 29.7. The lowest BCUT2D eigenvalue weighted by Gasteiger charge is -2.28. The quantitative estimate of drug-likeness (QED) is 0.511. The molecule has 0 aliphatic carbocycles. The molecule has 0 bridgehead atoms. The molecule has 0 aromatic carbocycles. The Kier molecular flexibility index (Phi) is 4.93. The fourth-order valence-corrected chi connectivity index (χ4v) is 3.48. The molecule has 0 saturated carbocycles. The van der Waals surface area contributed by atoms with Crippen LogP contribution in [0.3, 0.4) is 0 Å². The fourth-order valence-electron chi connectivity index (χ4n) is 0.975. The van der Waals surface area contributed by atoms with Crippen LogP contribution in [-0.4, -0.2) is 37.4 Å². The van der Waals surface area contributed by atoms with Gasteiger partial charge in [-0.1, -0.05) is 27.5 Å². The maximum Gasteiger partial charge on any atom is 0.108 e. The molecule has 0 unspecified atom stereocenters. The summed E-state index contributed by atoms with van der Waals surface area (Å²) < 4.78 is 10.7. The van der Waals surface area contributed by atoms with E-state index < -0.39 is 0 Å². The second-order valence-electron chi connectivity index (χ2n) is 2.40. The van der Waals surface area contributed by atoms with Crippen LogP contribution in [0.1, 0.15) is 0 Å². The van der Waals surface area contributed by atoms with Crippen molar-refractivity contribution < 1.29 is 9.47 Å². The first kappa shape index (κ1) is 10.3. The Morgan fingerprint density at radius 1 is 1.42 bits per heavy atom. The SMILES string of the molecule is C#CCO[C@H]1CSSC[C@@H]1OC. The molecule has 1 saturated heterocycles. The summed E-state index contributed by atoms with van der Waals surface area (Å²) >= 11 is 0. The van der Waals surface area contributed by atoms with Crippen LogP contribution < -0.4 is 0 Å². The van der Waals surface area contributed by atoms with Gasteiger partial charge in [0.05, 0.1) is 12.2 Å². The molecule has 2 nitrogen and oxygen atoms in total. The molecule has 1 fully saturated rings. The van der Waals surface area contributed by atoms with Crippen LogP contribution in [0.15, 0.2) is 0 Å². The van der Waals surface area contributed by atoms with Gasteiger partial charge in [0, 0.05) is 18.6 Å². The van der Waals surface area contributed by atoms with Gasteiger partial charge in [-0.3, -0.25) is 0 Å². The first-order chi connectivity index (χ1) is 5.88. The molecule has 2 atom stereocenters. The second-order valence-corrected chi connectivity index (χ2v) is 4.95. The van der Waals surface area contributed by atoms with Crippen LogP contribution in [0.5, 0.6) is 0 Å². The molecule has 0 N–H and O–H groups in total. The maximum absolute atomic E-state index is 5.44. The third kappa shape index (κ3) is 2.91. The third-order valence-corrected chi connectivity index (χ3v) is 4.06. The summed E-state index contributed by atoms with van der Waals surface area (Å²) in [4.78, 5) is 0. The minimum atomic E-state index is 0.164. The highest BCUT2D eigenvalue weighted by molar-refractivity contribution is 8.76. The number of terminal acetylenes is 1. The van der Waals surface area contributed by atoms with Crippen molar-refractivity contribution in [1.82, 2.24) is 0 Å². The maximum atomic E-state index is 5.44. The summed E-state index contributed by atoms with van der Waals surface area (Å²) in [5.74, 6) is 4.41. The molecule has 0 amide bonds. The van der Waals surface area contributed by atoms with Crippen molar-refractivity contribution >= 4 is 21.6 Å². The highest BCUT2D eigenvalue weighted by Gasteiger charge is 2.26. The zero-order valence-electron chi connectivity index (χ0n) is 6.99. The van der Waals surface area contributed by atoms with Gasteiger partial charge in [0.25, 0.3) is 0 Å². The molecule has 12 heavy (non-hydrogen) atoms. The van der Waals surface area contributed by atoms with Gasteiger partial charge in [-0.2, -0.15) is 0 Å². The summed E-state index contributed by atoms with van der Waals surface area (Å²) in [6.45, 7) is 0.385. The van der Waals surface area contributed by atoms with Crippen LogP contribution in [0.25, 0.3) is 0 Å². The lowest BCUT2D eigenvalue weighted by atomic mass is 10.2. The first-order valence-electron chi connectivity index (χ1n) is 3.70. The van der Waals surface area contributed by atoms with Crippen LogP contribution in [-0.2, 0) is 9.47 Å². The van der Waals surface area contributed by atoms with Gasteiger partial charge < -0.3 is 9.47 Å². The largest absolute Gasteiger partial charge is 0.378 e. The minimum Gasteiger partial charge on any atom is -0.378 e. The van der Waals surface area contributed by atoms with Crippen molar-refractivity contribution in [2.24, 2.45) is 0 Å². The third-order valence-electron chi connectivity index (χ3n) is 1.65. The average molecular weight is 204 g/mol. The Labute approximate surface area is 81.2 Å². The molecule has 1 aliphatic heterocycles. The van der Waals surface area contributed by atoms with Crippen molar-refractivity contribution in [3.63, 3.8) is 0 Å². The van der Waals surface area contributed by atoms with Crippen molar-refractivity contribution in [2.75, 3.05) is 25.2 Å². The summed E-state index contributed by atoms with van der Waals surface area (Å²) in [5.41, 5.74) is 0. The Balaban J connectivity index is 2.32. The number of methoxy groups -OCH3 is 1. The molecule has 68 valence electrons. The van der Waals surface area contributed by atoms with Gasteiger partial charge in [-0.25, -0.2) is 0 Å². The van der Waals surface area contributed by atoms with E-state index in [0.717, 1.165) is 11.5 Å². The Morgan fingerprint density at radius 2 is 2.08 bits per heavy atom. The van der Waals surface area contributed by atoms with Crippen LogP contribution >= 0.6 is 21.6 Å². The smallest absolute Gasteiger partial charge is 0.108 e. The highest BCUT2D eigenvalue weighted by atomic mass is 33.1. The van der Waals surface area contributed by atoms with Gasteiger partial charge in [0.15, 0.2) is 0 Å². The van der Waals surface area contributed by atoms with Crippen molar-refractivity contribution in [3.05, 3.63) is 0 Å². The standard InChI is InChI=1S/C8H12O2S2/c1-3-4-10-8-6-12-11-5-7(8)9-2/h1,7-8H,4-6H2,2H3/t7-,8-/m0/s1. The molecular weight excluding hydrogens is 192 g/mol. The zero-order valence-corrected chi connectivity index (χ0v) is 8.62. The highest BCUT2D eigenvalue weighted by Crippen LogP contribution is 2.31. The summed E-state index contributed by atoms with van der Waals surface area (Å²) in [7, 11) is 5.36. The number of hydrogen-bond acceptors (Lipinski definition) is 4. The van der Waals surface area contributed by atoms with Gasteiger partial charge in [-0.05, 0) is 0 Å². The lowest BCUT2D eigenvalue weighted by molar-refractivity contribution is -0.0222. The van der Waals surface area contributed by atoms with Gasteiger partial charge >= 0.3 is 0 Å². The van der Waals surface area contributed by atoms with Gasteiger partial charge in [-0.15, -0.1) is 6.42 Å². The monoisotopic (exact) mass is 204 g/mol. The van der Waals surface area contributed by atoms with E-state index in [1.165, 1.54) is 0 Å².